The van der Waals surface area contributed by atoms with Crippen LogP contribution in [0.1, 0.15) is 78.8 Å². The number of nitrogens with one attached hydrogen (secondary N) is 2. The van der Waals surface area contributed by atoms with Crippen LogP contribution in [0.4, 0.5) is 22.4 Å². The van der Waals surface area contributed by atoms with E-state index in [2.05, 4.69) is 35.7 Å². The molecule has 0 atom stereocenters. The van der Waals surface area contributed by atoms with Gasteiger partial charge >= 0.3 is 6.03 Å². The fraction of sp³-hybridized carbons (Fsp3) is 0.600. The minimum Gasteiger partial charge on any atom is -0.345 e. The molecule has 15 heteroatoms. The van der Waals surface area contributed by atoms with E-state index in [9.17, 15) is 27.2 Å². The number of hydrogen-bond acceptors (Lipinski definition) is 7. The average Bonchev–Trinajstić information content (AvgIpc) is 3.64. The lowest BCUT2D eigenvalue weighted by molar-refractivity contribution is -0.0368. The lowest BCUT2D eigenvalue weighted by atomic mass is 9.97. The van der Waals surface area contributed by atoms with E-state index in [1.165, 1.54) is 30.0 Å². The van der Waals surface area contributed by atoms with Gasteiger partial charge in [0.15, 0.2) is 11.3 Å². The fourth-order valence-electron chi connectivity index (χ4n) is 3.97. The van der Waals surface area contributed by atoms with Crippen LogP contribution in [0, 0.1) is 6.92 Å². The van der Waals surface area contributed by atoms with E-state index in [0.29, 0.717) is 35.4 Å². The first-order chi connectivity index (χ1) is 19.0. The summed E-state index contributed by atoms with van der Waals surface area (Å²) in [5, 5.41) is 16.1. The van der Waals surface area contributed by atoms with Gasteiger partial charge in [-0.3, -0.25) is 4.79 Å². The number of urea groups is 1. The Kier molecular flexibility index (Phi) is 9.20. The molecule has 3 fully saturated rings. The summed E-state index contributed by atoms with van der Waals surface area (Å²) in [4.78, 5) is 29.2. The number of aryl methyl sites for hydroxylation is 1. The van der Waals surface area contributed by atoms with Crippen LogP contribution < -0.4 is 10.6 Å². The summed E-state index contributed by atoms with van der Waals surface area (Å²) in [6.45, 7) is 0.359. The second-order valence-electron chi connectivity index (χ2n) is 10.1. The van der Waals surface area contributed by atoms with E-state index in [1.807, 2.05) is 0 Å². The van der Waals surface area contributed by atoms with Gasteiger partial charge in [-0.1, -0.05) is 30.8 Å². The molecule has 0 unspecified atom stereocenters. The number of hydrogen-bond donors (Lipinski definition) is 2. The first kappa shape index (κ1) is 29.2. The molecule has 0 aromatic carbocycles. The van der Waals surface area contributed by atoms with Crippen molar-refractivity contribution in [1.82, 2.24) is 40.4 Å². The Bertz CT molecular complexity index is 1300. The molecule has 6 rings (SSSR count). The Balaban J connectivity index is 0.000000279. The van der Waals surface area contributed by atoms with Gasteiger partial charge in [0.05, 0.1) is 37.7 Å². The van der Waals surface area contributed by atoms with E-state index in [0.717, 1.165) is 11.3 Å². The Hall–Kier alpha value is -3.78. The minimum absolute atomic E-state index is 0.0255. The molecule has 2 saturated carbocycles. The summed E-state index contributed by atoms with van der Waals surface area (Å²) in [6.07, 6.45) is 10.3. The molecule has 4 heterocycles. The first-order valence-corrected chi connectivity index (χ1v) is 13.2. The first-order valence-electron chi connectivity index (χ1n) is 13.2. The summed E-state index contributed by atoms with van der Waals surface area (Å²) in [5.74, 6) is -5.76. The Morgan fingerprint density at radius 3 is 2.38 bits per heavy atom. The van der Waals surface area contributed by atoms with Gasteiger partial charge in [0.2, 0.25) is 5.92 Å². The molecule has 1 aliphatic heterocycles. The van der Waals surface area contributed by atoms with Gasteiger partial charge in [0.25, 0.3) is 11.8 Å². The summed E-state index contributed by atoms with van der Waals surface area (Å²) >= 11 is 0. The largest absolute Gasteiger partial charge is 0.345 e. The SMILES string of the molecule is C1CC1.Cc1nonc1C(=O)NCc1cn2ncc(CN3CC(F)(F)CNC3=O)cc2n1.FC1(F)CCCCC1. The van der Waals surface area contributed by atoms with E-state index in [1.54, 1.807) is 19.2 Å². The number of halogens is 4. The Morgan fingerprint density at radius 1 is 1.07 bits per heavy atom. The third-order valence-corrected chi connectivity index (χ3v) is 6.24. The van der Waals surface area contributed by atoms with Crippen LogP contribution in [0.5, 0.6) is 0 Å². The van der Waals surface area contributed by atoms with Crippen LogP contribution in [-0.4, -0.2) is 66.7 Å². The molecule has 0 bridgehead atoms. The zero-order chi connectivity index (χ0) is 28.8. The number of rotatable bonds is 5. The van der Waals surface area contributed by atoms with Crippen molar-refractivity contribution < 1.29 is 31.8 Å². The lowest BCUT2D eigenvalue weighted by Crippen LogP contribution is -2.56. The van der Waals surface area contributed by atoms with Crippen LogP contribution in [0.25, 0.3) is 5.65 Å². The van der Waals surface area contributed by atoms with Crippen molar-refractivity contribution in [2.45, 2.75) is 83.2 Å². The predicted molar refractivity (Wildman–Crippen MR) is 134 cm³/mol. The zero-order valence-electron chi connectivity index (χ0n) is 22.1. The maximum Gasteiger partial charge on any atom is 0.318 e. The third-order valence-electron chi connectivity index (χ3n) is 6.24. The van der Waals surface area contributed by atoms with Gasteiger partial charge in [-0.25, -0.2) is 36.5 Å². The molecule has 40 heavy (non-hydrogen) atoms. The van der Waals surface area contributed by atoms with Gasteiger partial charge in [-0.05, 0) is 36.6 Å². The van der Waals surface area contributed by atoms with Crippen LogP contribution in [0.3, 0.4) is 0 Å². The maximum absolute atomic E-state index is 13.5. The minimum atomic E-state index is -2.98. The summed E-state index contributed by atoms with van der Waals surface area (Å²) < 4.78 is 57.4. The van der Waals surface area contributed by atoms with Crippen molar-refractivity contribution >= 4 is 17.6 Å². The Morgan fingerprint density at radius 2 is 1.77 bits per heavy atom. The summed E-state index contributed by atoms with van der Waals surface area (Å²) in [6, 6.07) is 1.09. The molecule has 218 valence electrons. The average molecular weight is 569 g/mol. The Labute approximate surface area is 227 Å². The highest BCUT2D eigenvalue weighted by atomic mass is 19.3. The third kappa shape index (κ3) is 8.61. The fourth-order valence-corrected chi connectivity index (χ4v) is 3.97. The monoisotopic (exact) mass is 568 g/mol. The van der Waals surface area contributed by atoms with Gasteiger partial charge < -0.3 is 15.5 Å². The van der Waals surface area contributed by atoms with Gasteiger partial charge in [0, 0.05) is 19.4 Å². The molecule has 0 radical (unpaired) electrons. The summed E-state index contributed by atoms with van der Waals surface area (Å²) in [5.41, 5.74) is 1.99. The smallest absolute Gasteiger partial charge is 0.318 e. The highest BCUT2D eigenvalue weighted by Gasteiger charge is 2.38. The van der Waals surface area contributed by atoms with E-state index in [-0.39, 0.29) is 31.6 Å². The second kappa shape index (κ2) is 12.6. The van der Waals surface area contributed by atoms with Crippen molar-refractivity contribution in [1.29, 1.82) is 0 Å². The lowest BCUT2D eigenvalue weighted by Gasteiger charge is -2.32. The van der Waals surface area contributed by atoms with Crippen LogP contribution in [0.15, 0.2) is 23.1 Å². The standard InChI is InChI=1S/C16H16F2N8O3.C6H10F2.C3H6/c1-9-13(24-29-23-9)14(27)19-4-11-6-26-12(22-11)2-10(3-21-26)5-25-8-16(17,18)7-20-15(25)28;7-6(8)4-2-1-3-5-6;1-2-3-1/h2-3,6H,4-5,7-8H2,1H3,(H,19,27)(H,20,28);1-5H2;1-3H2. The van der Waals surface area contributed by atoms with E-state index < -0.39 is 36.9 Å². The number of fused-ring (bicyclic) bond motifs is 1. The van der Waals surface area contributed by atoms with Crippen molar-refractivity contribution in [3.05, 3.63) is 41.1 Å². The number of nitrogens with zero attached hydrogens (tertiary/aromatic N) is 6. The van der Waals surface area contributed by atoms with Gasteiger partial charge in [-0.2, -0.15) is 5.10 Å². The number of alkyl halides is 4. The normalized spacial score (nSPS) is 19.0. The molecule has 0 spiro atoms. The van der Waals surface area contributed by atoms with Crippen LogP contribution in [0.2, 0.25) is 0 Å². The predicted octanol–water partition coefficient (Wildman–Crippen LogP) is 4.27. The molecule has 1 saturated heterocycles. The topological polar surface area (TPSA) is 131 Å². The van der Waals surface area contributed by atoms with Crippen LogP contribution >= 0.6 is 0 Å². The molecular weight excluding hydrogens is 536 g/mol. The number of carbonyl (C=O) groups excluding carboxylic acids is 2. The number of amides is 3. The summed E-state index contributed by atoms with van der Waals surface area (Å²) in [7, 11) is 0. The maximum atomic E-state index is 13.5. The molecule has 3 aromatic rings. The van der Waals surface area contributed by atoms with E-state index >= 15 is 0 Å². The van der Waals surface area contributed by atoms with E-state index in [4.69, 9.17) is 0 Å². The second-order valence-corrected chi connectivity index (χ2v) is 10.1. The zero-order valence-corrected chi connectivity index (χ0v) is 22.1. The molecular formula is C25H32F4N8O3. The highest BCUT2D eigenvalue weighted by molar-refractivity contribution is 5.92. The number of carbonyl (C=O) groups is 2. The van der Waals surface area contributed by atoms with Crippen molar-refractivity contribution in [3.63, 3.8) is 0 Å². The van der Waals surface area contributed by atoms with Crippen molar-refractivity contribution in [2.75, 3.05) is 13.1 Å². The molecule has 2 aliphatic carbocycles. The molecule has 11 nitrogen and oxygen atoms in total. The molecule has 3 aliphatic rings. The number of aromatic nitrogens is 5. The van der Waals surface area contributed by atoms with Gasteiger partial charge in [-0.15, -0.1) is 0 Å². The highest BCUT2D eigenvalue weighted by Crippen LogP contribution is 2.32. The quantitative estimate of drug-likeness (QED) is 0.440. The molecule has 3 amide bonds. The van der Waals surface area contributed by atoms with Crippen molar-refractivity contribution in [3.8, 4) is 0 Å². The van der Waals surface area contributed by atoms with Crippen LogP contribution in [-0.2, 0) is 13.1 Å². The molecule has 3 aromatic heterocycles. The van der Waals surface area contributed by atoms with Crippen molar-refractivity contribution in [2.24, 2.45) is 0 Å². The number of imidazole rings is 1. The van der Waals surface area contributed by atoms with Gasteiger partial charge in [0.1, 0.15) is 5.69 Å². The molecule has 2 N–H and O–H groups in total.